The van der Waals surface area contributed by atoms with Gasteiger partial charge in [0.2, 0.25) is 0 Å². The summed E-state index contributed by atoms with van der Waals surface area (Å²) in [4.78, 5) is 16.7. The minimum absolute atomic E-state index is 0.210. The summed E-state index contributed by atoms with van der Waals surface area (Å²) in [6.45, 7) is 0.869. The van der Waals surface area contributed by atoms with E-state index in [1.54, 1.807) is 11.3 Å². The molecule has 2 nitrogen and oxygen atoms in total. The molecule has 0 N–H and O–H groups in total. The van der Waals surface area contributed by atoms with Crippen molar-refractivity contribution in [3.05, 3.63) is 21.4 Å². The molecule has 1 heterocycles. The van der Waals surface area contributed by atoms with E-state index in [9.17, 15) is 4.79 Å². The van der Waals surface area contributed by atoms with Crippen molar-refractivity contribution in [2.24, 2.45) is 0 Å². The molecule has 2 rings (SSSR count). The standard InChI is InChI=1S/C16H24BrNOS/c1-18(11-7-3-6-10-17)16(19)15-12-13-8-4-2-5-9-14(13)20-15/h12H,2-11H2,1H3. The summed E-state index contributed by atoms with van der Waals surface area (Å²) in [6.07, 6.45) is 9.69. The Hall–Kier alpha value is -0.350. The van der Waals surface area contributed by atoms with Crippen LogP contribution in [0.1, 0.15) is 58.6 Å². The van der Waals surface area contributed by atoms with E-state index < -0.39 is 0 Å². The van der Waals surface area contributed by atoms with Gasteiger partial charge in [-0.05, 0) is 50.2 Å². The third-order valence-electron chi connectivity index (χ3n) is 3.93. The Morgan fingerprint density at radius 3 is 2.85 bits per heavy atom. The molecule has 1 aliphatic carbocycles. The summed E-state index contributed by atoms with van der Waals surface area (Å²) in [5, 5.41) is 1.06. The molecule has 4 heteroatoms. The van der Waals surface area contributed by atoms with Crippen LogP contribution >= 0.6 is 27.3 Å². The highest BCUT2D eigenvalue weighted by atomic mass is 79.9. The number of hydrogen-bond donors (Lipinski definition) is 0. The first-order valence-corrected chi connectivity index (χ1v) is 9.59. The lowest BCUT2D eigenvalue weighted by molar-refractivity contribution is 0.0797. The normalized spacial score (nSPS) is 14.7. The lowest BCUT2D eigenvalue weighted by atomic mass is 10.1. The number of aryl methyl sites for hydroxylation is 2. The Bertz CT molecular complexity index is 420. The van der Waals surface area contributed by atoms with E-state index in [-0.39, 0.29) is 5.91 Å². The van der Waals surface area contributed by atoms with Crippen LogP contribution in [-0.2, 0) is 12.8 Å². The molecule has 0 bridgehead atoms. The van der Waals surface area contributed by atoms with Gasteiger partial charge in [0.25, 0.3) is 5.91 Å². The van der Waals surface area contributed by atoms with Crippen LogP contribution in [0.3, 0.4) is 0 Å². The Labute approximate surface area is 134 Å². The van der Waals surface area contributed by atoms with Gasteiger partial charge in [-0.1, -0.05) is 28.8 Å². The monoisotopic (exact) mass is 357 g/mol. The highest BCUT2D eigenvalue weighted by Gasteiger charge is 2.18. The number of unbranched alkanes of at least 4 members (excludes halogenated alkanes) is 2. The highest BCUT2D eigenvalue weighted by molar-refractivity contribution is 9.09. The molecule has 1 aromatic heterocycles. The largest absolute Gasteiger partial charge is 0.341 e. The van der Waals surface area contributed by atoms with Crippen LogP contribution in [0.2, 0.25) is 0 Å². The second-order valence-corrected chi connectivity index (χ2v) is 7.53. The number of carbonyl (C=O) groups is 1. The smallest absolute Gasteiger partial charge is 0.263 e. The maximum absolute atomic E-state index is 12.4. The Kier molecular flexibility index (Phi) is 6.56. The van der Waals surface area contributed by atoms with E-state index in [4.69, 9.17) is 0 Å². The van der Waals surface area contributed by atoms with Crippen molar-refractivity contribution in [3.8, 4) is 0 Å². The third-order valence-corrected chi connectivity index (χ3v) is 5.72. The van der Waals surface area contributed by atoms with E-state index in [1.807, 2.05) is 11.9 Å². The van der Waals surface area contributed by atoms with E-state index in [2.05, 4.69) is 22.0 Å². The number of alkyl halides is 1. The second-order valence-electron chi connectivity index (χ2n) is 5.60. The topological polar surface area (TPSA) is 20.3 Å². The fraction of sp³-hybridized carbons (Fsp3) is 0.688. The van der Waals surface area contributed by atoms with Crippen molar-refractivity contribution in [3.63, 3.8) is 0 Å². The minimum atomic E-state index is 0.210. The highest BCUT2D eigenvalue weighted by Crippen LogP contribution is 2.29. The number of amides is 1. The summed E-state index contributed by atoms with van der Waals surface area (Å²) in [5.41, 5.74) is 1.43. The number of halogens is 1. The molecule has 0 spiro atoms. The molecule has 1 aromatic rings. The predicted octanol–water partition coefficient (Wildman–Crippen LogP) is 4.65. The van der Waals surface area contributed by atoms with Gasteiger partial charge in [-0.25, -0.2) is 0 Å². The van der Waals surface area contributed by atoms with Gasteiger partial charge in [0.1, 0.15) is 0 Å². The third kappa shape index (κ3) is 4.32. The molecule has 112 valence electrons. The summed E-state index contributed by atoms with van der Waals surface area (Å²) in [6, 6.07) is 2.16. The molecule has 0 radical (unpaired) electrons. The molecule has 0 aliphatic heterocycles. The van der Waals surface area contributed by atoms with E-state index >= 15 is 0 Å². The lowest BCUT2D eigenvalue weighted by Gasteiger charge is -2.15. The van der Waals surface area contributed by atoms with Gasteiger partial charge >= 0.3 is 0 Å². The molecule has 0 fully saturated rings. The van der Waals surface area contributed by atoms with Gasteiger partial charge in [-0.15, -0.1) is 11.3 Å². The molecule has 0 atom stereocenters. The summed E-state index contributed by atoms with van der Waals surface area (Å²) < 4.78 is 0. The summed E-state index contributed by atoms with van der Waals surface area (Å²) in [5.74, 6) is 0.210. The first-order valence-electron chi connectivity index (χ1n) is 7.65. The first kappa shape index (κ1) is 16.0. The molecule has 1 aliphatic rings. The molecular formula is C16H24BrNOS. The minimum Gasteiger partial charge on any atom is -0.341 e. The summed E-state index contributed by atoms with van der Waals surface area (Å²) >= 11 is 5.17. The van der Waals surface area contributed by atoms with Crippen LogP contribution < -0.4 is 0 Å². The predicted molar refractivity (Wildman–Crippen MR) is 90.2 cm³/mol. The molecule has 20 heavy (non-hydrogen) atoms. The number of hydrogen-bond acceptors (Lipinski definition) is 2. The van der Waals surface area contributed by atoms with Gasteiger partial charge in [0, 0.05) is 23.8 Å². The molecule has 0 saturated carbocycles. The van der Waals surface area contributed by atoms with Crippen LogP contribution in [0.5, 0.6) is 0 Å². The van der Waals surface area contributed by atoms with E-state index in [0.29, 0.717) is 0 Å². The molecule has 0 saturated heterocycles. The van der Waals surface area contributed by atoms with Crippen molar-refractivity contribution >= 4 is 33.2 Å². The molecule has 0 unspecified atom stereocenters. The Morgan fingerprint density at radius 2 is 2.05 bits per heavy atom. The van der Waals surface area contributed by atoms with E-state index in [0.717, 1.165) is 29.6 Å². The average Bonchev–Trinajstić information content (AvgIpc) is 2.73. The van der Waals surface area contributed by atoms with Crippen LogP contribution in [0.15, 0.2) is 6.07 Å². The average molecular weight is 358 g/mol. The fourth-order valence-electron chi connectivity index (χ4n) is 2.68. The van der Waals surface area contributed by atoms with Crippen molar-refractivity contribution in [2.45, 2.75) is 51.4 Å². The van der Waals surface area contributed by atoms with Gasteiger partial charge in [0.05, 0.1) is 4.88 Å². The Morgan fingerprint density at radius 1 is 1.25 bits per heavy atom. The zero-order valence-electron chi connectivity index (χ0n) is 12.3. The zero-order valence-corrected chi connectivity index (χ0v) is 14.7. The number of fused-ring (bicyclic) bond motifs is 1. The quantitative estimate of drug-likeness (QED) is 0.412. The number of nitrogens with zero attached hydrogens (tertiary/aromatic N) is 1. The zero-order chi connectivity index (χ0) is 14.4. The second kappa shape index (κ2) is 8.18. The number of rotatable bonds is 6. The van der Waals surface area contributed by atoms with E-state index in [1.165, 1.54) is 49.0 Å². The maximum Gasteiger partial charge on any atom is 0.263 e. The Balaban J connectivity index is 1.91. The van der Waals surface area contributed by atoms with Crippen molar-refractivity contribution < 1.29 is 4.79 Å². The van der Waals surface area contributed by atoms with Crippen molar-refractivity contribution in [1.82, 2.24) is 4.90 Å². The maximum atomic E-state index is 12.4. The molecule has 0 aromatic carbocycles. The fourth-order valence-corrected chi connectivity index (χ4v) is 4.33. The number of carbonyl (C=O) groups excluding carboxylic acids is 1. The first-order chi connectivity index (χ1) is 9.72. The van der Waals surface area contributed by atoms with Crippen LogP contribution in [0.4, 0.5) is 0 Å². The molecule has 1 amide bonds. The van der Waals surface area contributed by atoms with Gasteiger partial charge in [-0.3, -0.25) is 4.79 Å². The number of thiophene rings is 1. The van der Waals surface area contributed by atoms with Crippen molar-refractivity contribution in [1.29, 1.82) is 0 Å². The van der Waals surface area contributed by atoms with Gasteiger partial charge in [-0.2, -0.15) is 0 Å². The SMILES string of the molecule is CN(CCCCCBr)C(=O)c1cc2c(s1)CCCCC2. The molecular weight excluding hydrogens is 334 g/mol. The lowest BCUT2D eigenvalue weighted by Crippen LogP contribution is -2.27. The summed E-state index contributed by atoms with van der Waals surface area (Å²) in [7, 11) is 1.93. The van der Waals surface area contributed by atoms with Gasteiger partial charge < -0.3 is 4.90 Å². The van der Waals surface area contributed by atoms with Gasteiger partial charge in [0.15, 0.2) is 0 Å². The van der Waals surface area contributed by atoms with Crippen LogP contribution in [0, 0.1) is 0 Å². The van der Waals surface area contributed by atoms with Crippen LogP contribution in [0.25, 0.3) is 0 Å². The van der Waals surface area contributed by atoms with Crippen LogP contribution in [-0.4, -0.2) is 29.7 Å². The van der Waals surface area contributed by atoms with Crippen molar-refractivity contribution in [2.75, 3.05) is 18.9 Å².